The van der Waals surface area contributed by atoms with Crippen LogP contribution in [0.1, 0.15) is 51.0 Å². The maximum Gasteiger partial charge on any atom is 0.222 e. The zero-order chi connectivity index (χ0) is 16.1. The lowest BCUT2D eigenvalue weighted by Gasteiger charge is -2.52. The number of hydrogen-bond donors (Lipinski definition) is 0. The molecule has 0 aromatic carbocycles. The molecule has 126 valence electrons. The Morgan fingerprint density at radius 1 is 1.17 bits per heavy atom. The van der Waals surface area contributed by atoms with Crippen molar-refractivity contribution in [3.05, 3.63) is 24.3 Å². The molecule has 0 saturated carbocycles. The van der Waals surface area contributed by atoms with E-state index in [1.54, 1.807) is 12.4 Å². The molecule has 0 N–H and O–H groups in total. The second-order valence-electron chi connectivity index (χ2n) is 6.93. The van der Waals surface area contributed by atoms with E-state index in [1.807, 2.05) is 0 Å². The fraction of sp³-hybridized carbons (Fsp3) is 0.722. The number of aryl methyl sites for hydroxylation is 1. The Hall–Kier alpha value is -1.49. The van der Waals surface area contributed by atoms with Crippen molar-refractivity contribution in [2.45, 2.75) is 57.4 Å². The average Bonchev–Trinajstić information content (AvgIpc) is 2.61. The van der Waals surface area contributed by atoms with E-state index >= 15 is 0 Å². The molecule has 1 atom stereocenters. The van der Waals surface area contributed by atoms with Crippen LogP contribution in [0, 0.1) is 0 Å². The van der Waals surface area contributed by atoms with E-state index in [-0.39, 0.29) is 11.4 Å². The SMILES string of the molecule is CCN1CCCCC12CCCN(C(=O)CCc1cncnc1)C2. The highest BCUT2D eigenvalue weighted by atomic mass is 16.2. The summed E-state index contributed by atoms with van der Waals surface area (Å²) in [5.41, 5.74) is 1.29. The monoisotopic (exact) mass is 316 g/mol. The second-order valence-corrected chi connectivity index (χ2v) is 6.93. The smallest absolute Gasteiger partial charge is 0.222 e. The molecule has 1 unspecified atom stereocenters. The first-order valence-corrected chi connectivity index (χ1v) is 9.00. The average molecular weight is 316 g/mol. The molecule has 2 saturated heterocycles. The Morgan fingerprint density at radius 2 is 1.96 bits per heavy atom. The molecular weight excluding hydrogens is 288 g/mol. The number of carbonyl (C=O) groups excluding carboxylic acids is 1. The van der Waals surface area contributed by atoms with Crippen LogP contribution in [0.15, 0.2) is 18.7 Å². The number of piperidine rings is 2. The van der Waals surface area contributed by atoms with Crippen molar-refractivity contribution in [3.8, 4) is 0 Å². The van der Waals surface area contributed by atoms with E-state index < -0.39 is 0 Å². The largest absolute Gasteiger partial charge is 0.341 e. The molecule has 2 fully saturated rings. The third-order valence-electron chi connectivity index (χ3n) is 5.52. The van der Waals surface area contributed by atoms with E-state index in [4.69, 9.17) is 0 Å². The fourth-order valence-corrected chi connectivity index (χ4v) is 4.30. The van der Waals surface area contributed by atoms with Gasteiger partial charge in [-0.05, 0) is 50.8 Å². The van der Waals surface area contributed by atoms with Crippen LogP contribution in [-0.2, 0) is 11.2 Å². The molecule has 5 heteroatoms. The predicted molar refractivity (Wildman–Crippen MR) is 90.0 cm³/mol. The zero-order valence-electron chi connectivity index (χ0n) is 14.2. The number of aromatic nitrogens is 2. The summed E-state index contributed by atoms with van der Waals surface area (Å²) in [6.45, 7) is 6.39. The van der Waals surface area contributed by atoms with Crippen molar-refractivity contribution in [1.82, 2.24) is 19.8 Å². The highest BCUT2D eigenvalue weighted by Gasteiger charge is 2.42. The van der Waals surface area contributed by atoms with E-state index in [9.17, 15) is 4.79 Å². The molecule has 0 bridgehead atoms. The summed E-state index contributed by atoms with van der Waals surface area (Å²) >= 11 is 0. The quantitative estimate of drug-likeness (QED) is 0.855. The van der Waals surface area contributed by atoms with Crippen LogP contribution in [0.5, 0.6) is 0 Å². The third-order valence-corrected chi connectivity index (χ3v) is 5.52. The Balaban J connectivity index is 1.60. The van der Waals surface area contributed by atoms with Gasteiger partial charge in [-0.2, -0.15) is 0 Å². The van der Waals surface area contributed by atoms with Gasteiger partial charge in [-0.25, -0.2) is 9.97 Å². The van der Waals surface area contributed by atoms with Crippen LogP contribution in [0.25, 0.3) is 0 Å². The second kappa shape index (κ2) is 7.39. The van der Waals surface area contributed by atoms with Crippen LogP contribution in [-0.4, -0.2) is 57.4 Å². The summed E-state index contributed by atoms with van der Waals surface area (Å²) in [5.74, 6) is 0.287. The Morgan fingerprint density at radius 3 is 2.74 bits per heavy atom. The van der Waals surface area contributed by atoms with Gasteiger partial charge in [0, 0.05) is 37.4 Å². The van der Waals surface area contributed by atoms with Crippen LogP contribution in [0.4, 0.5) is 0 Å². The van der Waals surface area contributed by atoms with Gasteiger partial charge in [0.15, 0.2) is 0 Å². The summed E-state index contributed by atoms with van der Waals surface area (Å²) in [7, 11) is 0. The Labute approximate surface area is 139 Å². The van der Waals surface area contributed by atoms with Crippen molar-refractivity contribution < 1.29 is 4.79 Å². The minimum absolute atomic E-state index is 0.247. The lowest BCUT2D eigenvalue weighted by Crippen LogP contribution is -2.61. The molecular formula is C18H28N4O. The zero-order valence-corrected chi connectivity index (χ0v) is 14.2. The molecule has 1 aromatic rings. The number of nitrogens with zero attached hydrogens (tertiary/aromatic N) is 4. The number of amides is 1. The van der Waals surface area contributed by atoms with E-state index in [0.29, 0.717) is 6.42 Å². The first-order chi connectivity index (χ1) is 11.2. The minimum Gasteiger partial charge on any atom is -0.341 e. The number of likely N-dealkylation sites (tertiary alicyclic amines) is 2. The standard InChI is InChI=1S/C18H28N4O/c1-2-22-11-4-3-8-18(22)9-5-10-21(14-18)17(23)7-6-16-12-19-15-20-13-16/h12-13,15H,2-11,14H2,1H3. The van der Waals surface area contributed by atoms with Gasteiger partial charge in [0.25, 0.3) is 0 Å². The Kier molecular flexibility index (Phi) is 5.26. The summed E-state index contributed by atoms with van der Waals surface area (Å²) in [6, 6.07) is 0. The van der Waals surface area contributed by atoms with Crippen molar-refractivity contribution in [2.24, 2.45) is 0 Å². The Bertz CT molecular complexity index is 517. The molecule has 0 aliphatic carbocycles. The fourth-order valence-electron chi connectivity index (χ4n) is 4.30. The maximum absolute atomic E-state index is 12.7. The molecule has 0 radical (unpaired) electrons. The number of carbonyl (C=O) groups is 1. The summed E-state index contributed by atoms with van der Waals surface area (Å²) in [6.07, 6.45) is 12.7. The molecule has 3 rings (SSSR count). The van der Waals surface area contributed by atoms with Gasteiger partial charge in [0.05, 0.1) is 0 Å². The van der Waals surface area contributed by atoms with Gasteiger partial charge in [0.1, 0.15) is 6.33 Å². The lowest BCUT2D eigenvalue weighted by molar-refractivity contribution is -0.136. The van der Waals surface area contributed by atoms with E-state index in [1.165, 1.54) is 38.6 Å². The van der Waals surface area contributed by atoms with Gasteiger partial charge >= 0.3 is 0 Å². The van der Waals surface area contributed by atoms with Crippen LogP contribution < -0.4 is 0 Å². The first-order valence-electron chi connectivity index (χ1n) is 9.00. The highest BCUT2D eigenvalue weighted by molar-refractivity contribution is 5.76. The van der Waals surface area contributed by atoms with Gasteiger partial charge in [-0.15, -0.1) is 0 Å². The topological polar surface area (TPSA) is 49.3 Å². The molecule has 3 heterocycles. The van der Waals surface area contributed by atoms with Crippen LogP contribution >= 0.6 is 0 Å². The first kappa shape index (κ1) is 16.4. The summed E-state index contributed by atoms with van der Waals surface area (Å²) < 4.78 is 0. The lowest BCUT2D eigenvalue weighted by atomic mass is 9.79. The number of rotatable bonds is 4. The molecule has 1 aromatic heterocycles. The maximum atomic E-state index is 12.7. The van der Waals surface area contributed by atoms with Crippen LogP contribution in [0.3, 0.4) is 0 Å². The molecule has 5 nitrogen and oxygen atoms in total. The van der Waals surface area contributed by atoms with Crippen molar-refractivity contribution in [1.29, 1.82) is 0 Å². The van der Waals surface area contributed by atoms with Crippen molar-refractivity contribution in [2.75, 3.05) is 26.2 Å². The van der Waals surface area contributed by atoms with Gasteiger partial charge in [-0.1, -0.05) is 13.3 Å². The van der Waals surface area contributed by atoms with Crippen molar-refractivity contribution in [3.63, 3.8) is 0 Å². The van der Waals surface area contributed by atoms with Crippen molar-refractivity contribution >= 4 is 5.91 Å². The predicted octanol–water partition coefficient (Wildman–Crippen LogP) is 2.28. The minimum atomic E-state index is 0.247. The molecule has 1 spiro atoms. The molecule has 23 heavy (non-hydrogen) atoms. The third kappa shape index (κ3) is 3.71. The van der Waals surface area contributed by atoms with E-state index in [0.717, 1.165) is 38.0 Å². The normalized spacial score (nSPS) is 25.7. The number of likely N-dealkylation sites (N-methyl/N-ethyl adjacent to an activating group) is 1. The van der Waals surface area contributed by atoms with Gasteiger partial charge < -0.3 is 4.90 Å². The highest BCUT2D eigenvalue weighted by Crippen LogP contribution is 2.36. The van der Waals surface area contributed by atoms with Gasteiger partial charge in [-0.3, -0.25) is 9.69 Å². The molecule has 1 amide bonds. The van der Waals surface area contributed by atoms with Crippen LogP contribution in [0.2, 0.25) is 0 Å². The molecule has 2 aliphatic rings. The number of hydrogen-bond acceptors (Lipinski definition) is 4. The summed E-state index contributed by atoms with van der Waals surface area (Å²) in [4.78, 5) is 25.4. The molecule has 2 aliphatic heterocycles. The van der Waals surface area contributed by atoms with Gasteiger partial charge in [0.2, 0.25) is 5.91 Å². The summed E-state index contributed by atoms with van der Waals surface area (Å²) in [5, 5.41) is 0. The van der Waals surface area contributed by atoms with E-state index in [2.05, 4.69) is 26.7 Å².